The summed E-state index contributed by atoms with van der Waals surface area (Å²) < 4.78 is 0. The molecule has 1 saturated heterocycles. The molecule has 3 rings (SSSR count). The van der Waals surface area contributed by atoms with Crippen LogP contribution in [0.3, 0.4) is 0 Å². The van der Waals surface area contributed by atoms with Crippen LogP contribution in [0.25, 0.3) is 6.08 Å². The van der Waals surface area contributed by atoms with E-state index in [0.29, 0.717) is 5.92 Å². The van der Waals surface area contributed by atoms with E-state index in [2.05, 4.69) is 48.2 Å². The first-order valence-electron chi connectivity index (χ1n) is 8.96. The smallest absolute Gasteiger partial charge is 0.132 e. The quantitative estimate of drug-likeness (QED) is 0.733. The summed E-state index contributed by atoms with van der Waals surface area (Å²) in [6.07, 6.45) is 10.6. The summed E-state index contributed by atoms with van der Waals surface area (Å²) in [5.41, 5.74) is 4.77. The zero-order valence-corrected chi connectivity index (χ0v) is 14.7. The molecule has 0 N–H and O–H groups in total. The Kier molecular flexibility index (Phi) is 5.36. The van der Waals surface area contributed by atoms with Gasteiger partial charge in [-0.3, -0.25) is 0 Å². The summed E-state index contributed by atoms with van der Waals surface area (Å²) in [6.45, 7) is 4.49. The molecule has 0 amide bonds. The summed E-state index contributed by atoms with van der Waals surface area (Å²) in [5.74, 6) is 0.453. The molecule has 126 valence electrons. The molecule has 2 aliphatic rings. The van der Waals surface area contributed by atoms with Crippen molar-refractivity contribution in [3.63, 3.8) is 0 Å². The number of rotatable bonds is 3. The third kappa shape index (κ3) is 4.20. The fourth-order valence-corrected chi connectivity index (χ4v) is 3.63. The average molecular weight is 329 g/mol. The molecule has 1 atom stereocenters. The van der Waals surface area contributed by atoms with Gasteiger partial charge < -0.3 is 4.90 Å². The monoisotopic (exact) mass is 329 g/mol. The van der Waals surface area contributed by atoms with Crippen molar-refractivity contribution in [2.24, 2.45) is 5.92 Å². The van der Waals surface area contributed by atoms with Crippen molar-refractivity contribution in [1.29, 1.82) is 10.5 Å². The predicted molar refractivity (Wildman–Crippen MR) is 102 cm³/mol. The van der Waals surface area contributed by atoms with Crippen LogP contribution in [0.5, 0.6) is 0 Å². The fourth-order valence-electron chi connectivity index (χ4n) is 3.63. The van der Waals surface area contributed by atoms with Crippen molar-refractivity contribution in [1.82, 2.24) is 0 Å². The van der Waals surface area contributed by atoms with Crippen molar-refractivity contribution in [2.75, 3.05) is 18.0 Å². The van der Waals surface area contributed by atoms with Crippen LogP contribution in [0.1, 0.15) is 38.2 Å². The van der Waals surface area contributed by atoms with E-state index in [1.807, 2.05) is 18.2 Å². The number of hydrogen-bond acceptors (Lipinski definition) is 3. The van der Waals surface area contributed by atoms with Gasteiger partial charge >= 0.3 is 0 Å². The van der Waals surface area contributed by atoms with E-state index < -0.39 is 0 Å². The second-order valence-corrected chi connectivity index (χ2v) is 6.98. The van der Waals surface area contributed by atoms with Crippen molar-refractivity contribution >= 4 is 11.8 Å². The Labute approximate surface area is 150 Å². The number of allylic oxidation sites excluding steroid dienone is 5. The standard InChI is InChI=1S/C22H23N3/c1-17-12-19(14-20(13-17)21(15-23)16-24)5-4-18-6-8-22(9-7-18)25-10-2-3-11-25/h4-9,14,17H,2-3,10-13H2,1H3/b5-4+. The van der Waals surface area contributed by atoms with E-state index in [1.165, 1.54) is 29.7 Å². The third-order valence-corrected chi connectivity index (χ3v) is 4.91. The van der Waals surface area contributed by atoms with Crippen molar-refractivity contribution in [3.8, 4) is 12.1 Å². The molecule has 1 aliphatic heterocycles. The van der Waals surface area contributed by atoms with Crippen LogP contribution in [0.2, 0.25) is 0 Å². The molecule has 0 saturated carbocycles. The Hall–Kier alpha value is -2.78. The van der Waals surface area contributed by atoms with Gasteiger partial charge in [0, 0.05) is 18.8 Å². The molecular formula is C22H23N3. The number of hydrogen-bond donors (Lipinski definition) is 0. The van der Waals surface area contributed by atoms with Crippen LogP contribution in [0, 0.1) is 28.6 Å². The minimum Gasteiger partial charge on any atom is -0.372 e. The molecule has 3 heteroatoms. The molecule has 1 fully saturated rings. The van der Waals surface area contributed by atoms with E-state index in [1.54, 1.807) is 0 Å². The largest absolute Gasteiger partial charge is 0.372 e. The number of nitrogens with zero attached hydrogens (tertiary/aromatic N) is 3. The molecule has 1 aliphatic carbocycles. The zero-order chi connectivity index (χ0) is 17.6. The van der Waals surface area contributed by atoms with Crippen molar-refractivity contribution < 1.29 is 0 Å². The summed E-state index contributed by atoms with van der Waals surface area (Å²) in [6, 6.07) is 12.7. The van der Waals surface area contributed by atoms with Gasteiger partial charge in [-0.05, 0) is 60.4 Å². The Morgan fingerprint density at radius 1 is 1.04 bits per heavy atom. The van der Waals surface area contributed by atoms with Crippen molar-refractivity contribution in [2.45, 2.75) is 32.6 Å². The number of nitriles is 2. The lowest BCUT2D eigenvalue weighted by Crippen LogP contribution is -2.17. The molecule has 0 aromatic heterocycles. The molecule has 0 radical (unpaired) electrons. The van der Waals surface area contributed by atoms with Crippen LogP contribution in [0.15, 0.2) is 53.1 Å². The summed E-state index contributed by atoms with van der Waals surface area (Å²) in [7, 11) is 0. The lowest BCUT2D eigenvalue weighted by atomic mass is 9.85. The minimum absolute atomic E-state index is 0.243. The fraction of sp³-hybridized carbons (Fsp3) is 0.364. The normalized spacial score (nSPS) is 20.3. The van der Waals surface area contributed by atoms with E-state index in [9.17, 15) is 0 Å². The lowest BCUT2D eigenvalue weighted by Gasteiger charge is -2.19. The SMILES string of the molecule is CC1CC(/C=C/c2ccc(N3CCCC3)cc2)=CC(=C(C#N)C#N)C1. The first-order valence-corrected chi connectivity index (χ1v) is 8.96. The van der Waals surface area contributed by atoms with E-state index in [-0.39, 0.29) is 5.57 Å². The first-order chi connectivity index (χ1) is 12.2. The maximum atomic E-state index is 9.09. The Balaban J connectivity index is 1.75. The van der Waals surface area contributed by atoms with E-state index in [4.69, 9.17) is 10.5 Å². The van der Waals surface area contributed by atoms with Crippen molar-refractivity contribution in [3.05, 3.63) is 58.7 Å². The molecule has 1 aromatic rings. The van der Waals surface area contributed by atoms with Gasteiger partial charge in [-0.25, -0.2) is 0 Å². The maximum Gasteiger partial charge on any atom is 0.132 e. The highest BCUT2D eigenvalue weighted by Gasteiger charge is 2.16. The third-order valence-electron chi connectivity index (χ3n) is 4.91. The van der Waals surface area contributed by atoms with Gasteiger partial charge in [-0.2, -0.15) is 10.5 Å². The highest BCUT2D eigenvalue weighted by atomic mass is 15.1. The predicted octanol–water partition coefficient (Wildman–Crippen LogP) is 5.00. The molecule has 0 bridgehead atoms. The Bertz CT molecular complexity index is 775. The van der Waals surface area contributed by atoms with Gasteiger partial charge in [-0.1, -0.05) is 37.3 Å². The van der Waals surface area contributed by atoms with Crippen LogP contribution in [0.4, 0.5) is 5.69 Å². The van der Waals surface area contributed by atoms with E-state index in [0.717, 1.165) is 31.5 Å². The lowest BCUT2D eigenvalue weighted by molar-refractivity contribution is 0.565. The Morgan fingerprint density at radius 3 is 2.36 bits per heavy atom. The molecule has 1 unspecified atom stereocenters. The van der Waals surface area contributed by atoms with Gasteiger partial charge in [0.25, 0.3) is 0 Å². The van der Waals surface area contributed by atoms with Gasteiger partial charge in [0.15, 0.2) is 0 Å². The topological polar surface area (TPSA) is 50.8 Å². The molecule has 25 heavy (non-hydrogen) atoms. The first kappa shape index (κ1) is 17.1. The zero-order valence-electron chi connectivity index (χ0n) is 14.7. The summed E-state index contributed by atoms with van der Waals surface area (Å²) >= 11 is 0. The molecule has 1 aromatic carbocycles. The Morgan fingerprint density at radius 2 is 1.72 bits per heavy atom. The molecular weight excluding hydrogens is 306 g/mol. The van der Waals surface area contributed by atoms with Crippen LogP contribution < -0.4 is 4.90 Å². The molecule has 3 nitrogen and oxygen atoms in total. The summed E-state index contributed by atoms with van der Waals surface area (Å²) in [5, 5.41) is 18.2. The van der Waals surface area contributed by atoms with Gasteiger partial charge in [0.05, 0.1) is 0 Å². The molecule has 0 spiro atoms. The van der Waals surface area contributed by atoms with E-state index >= 15 is 0 Å². The number of benzene rings is 1. The molecule has 1 heterocycles. The maximum absolute atomic E-state index is 9.09. The second kappa shape index (κ2) is 7.86. The highest BCUT2D eigenvalue weighted by Crippen LogP contribution is 2.30. The highest BCUT2D eigenvalue weighted by molar-refractivity contribution is 5.59. The van der Waals surface area contributed by atoms with Crippen LogP contribution in [-0.4, -0.2) is 13.1 Å². The average Bonchev–Trinajstić information content (AvgIpc) is 3.16. The number of anilines is 1. The summed E-state index contributed by atoms with van der Waals surface area (Å²) in [4.78, 5) is 2.43. The van der Waals surface area contributed by atoms with Gasteiger partial charge in [0.1, 0.15) is 17.7 Å². The van der Waals surface area contributed by atoms with Crippen LogP contribution >= 0.6 is 0 Å². The second-order valence-electron chi connectivity index (χ2n) is 6.98. The van der Waals surface area contributed by atoms with Crippen LogP contribution in [-0.2, 0) is 0 Å². The minimum atomic E-state index is 0.243. The van der Waals surface area contributed by atoms with Gasteiger partial charge in [0.2, 0.25) is 0 Å². The van der Waals surface area contributed by atoms with Gasteiger partial charge in [-0.15, -0.1) is 0 Å².